The summed E-state index contributed by atoms with van der Waals surface area (Å²) in [6, 6.07) is 6.79. The lowest BCUT2D eigenvalue weighted by Gasteiger charge is -2.20. The molecule has 0 aromatic heterocycles. The first-order valence-electron chi connectivity index (χ1n) is 5.77. The van der Waals surface area contributed by atoms with Gasteiger partial charge in [-0.05, 0) is 31.9 Å². The third-order valence-electron chi connectivity index (χ3n) is 3.06. The van der Waals surface area contributed by atoms with Crippen LogP contribution in [-0.4, -0.2) is 29.7 Å². The topological polar surface area (TPSA) is 23.5 Å². The van der Waals surface area contributed by atoms with Gasteiger partial charge in [-0.1, -0.05) is 18.2 Å². The molecule has 1 N–H and O–H groups in total. The molecule has 1 aromatic carbocycles. The average Bonchev–Trinajstić information content (AvgIpc) is 3.04. The van der Waals surface area contributed by atoms with Crippen LogP contribution in [0.5, 0.6) is 0 Å². The van der Waals surface area contributed by atoms with E-state index in [-0.39, 0.29) is 11.9 Å². The molecule has 1 atom stereocenters. The Morgan fingerprint density at radius 1 is 1.44 bits per heavy atom. The van der Waals surface area contributed by atoms with E-state index in [1.807, 2.05) is 18.0 Å². The van der Waals surface area contributed by atoms with Crippen molar-refractivity contribution in [1.29, 1.82) is 0 Å². The standard InChI is InChI=1S/C13H18FNO/c1-15(9-13(16)10-6-7-10)8-11-4-2-3-5-12(11)14/h2-5,10,13,16H,6-9H2,1H3. The van der Waals surface area contributed by atoms with Crippen LogP contribution in [0.2, 0.25) is 0 Å². The van der Waals surface area contributed by atoms with E-state index in [9.17, 15) is 9.50 Å². The van der Waals surface area contributed by atoms with Crippen molar-refractivity contribution >= 4 is 0 Å². The molecule has 0 heterocycles. The molecule has 1 aliphatic carbocycles. The first kappa shape index (κ1) is 11.6. The summed E-state index contributed by atoms with van der Waals surface area (Å²) in [5, 5.41) is 9.77. The number of likely N-dealkylation sites (N-methyl/N-ethyl adjacent to an activating group) is 1. The number of hydrogen-bond acceptors (Lipinski definition) is 2. The molecule has 0 saturated heterocycles. The SMILES string of the molecule is CN(Cc1ccccc1F)CC(O)C1CC1. The molecule has 0 bridgehead atoms. The van der Waals surface area contributed by atoms with Gasteiger partial charge in [0.05, 0.1) is 6.10 Å². The van der Waals surface area contributed by atoms with Crippen molar-refractivity contribution in [2.24, 2.45) is 5.92 Å². The molecule has 1 saturated carbocycles. The van der Waals surface area contributed by atoms with Crippen LogP contribution in [-0.2, 0) is 6.54 Å². The van der Waals surface area contributed by atoms with Gasteiger partial charge in [-0.25, -0.2) is 4.39 Å². The number of aliphatic hydroxyl groups excluding tert-OH is 1. The van der Waals surface area contributed by atoms with Crippen LogP contribution in [0.3, 0.4) is 0 Å². The van der Waals surface area contributed by atoms with Crippen LogP contribution in [0.4, 0.5) is 4.39 Å². The molecule has 2 rings (SSSR count). The van der Waals surface area contributed by atoms with E-state index in [1.165, 1.54) is 6.07 Å². The van der Waals surface area contributed by atoms with Crippen molar-refractivity contribution in [2.45, 2.75) is 25.5 Å². The summed E-state index contributed by atoms with van der Waals surface area (Å²) < 4.78 is 13.4. The molecule has 16 heavy (non-hydrogen) atoms. The highest BCUT2D eigenvalue weighted by Crippen LogP contribution is 2.32. The lowest BCUT2D eigenvalue weighted by molar-refractivity contribution is 0.104. The monoisotopic (exact) mass is 223 g/mol. The minimum absolute atomic E-state index is 0.171. The maximum absolute atomic E-state index is 13.4. The molecule has 0 aliphatic heterocycles. The molecule has 1 aromatic rings. The highest BCUT2D eigenvalue weighted by Gasteiger charge is 2.30. The predicted molar refractivity (Wildman–Crippen MR) is 61.5 cm³/mol. The van der Waals surface area contributed by atoms with Crippen LogP contribution < -0.4 is 0 Å². The average molecular weight is 223 g/mol. The molecule has 0 radical (unpaired) electrons. The molecule has 0 spiro atoms. The quantitative estimate of drug-likeness (QED) is 0.825. The number of hydrogen-bond donors (Lipinski definition) is 1. The second-order valence-corrected chi connectivity index (χ2v) is 4.69. The van der Waals surface area contributed by atoms with E-state index < -0.39 is 0 Å². The molecule has 1 aliphatic rings. The fraction of sp³-hybridized carbons (Fsp3) is 0.538. The summed E-state index contributed by atoms with van der Waals surface area (Å²) in [4.78, 5) is 1.97. The van der Waals surface area contributed by atoms with Crippen molar-refractivity contribution in [3.8, 4) is 0 Å². The molecular weight excluding hydrogens is 205 g/mol. The van der Waals surface area contributed by atoms with Gasteiger partial charge in [-0.15, -0.1) is 0 Å². The van der Waals surface area contributed by atoms with Gasteiger partial charge >= 0.3 is 0 Å². The lowest BCUT2D eigenvalue weighted by atomic mass is 10.2. The van der Waals surface area contributed by atoms with Gasteiger partial charge in [0.15, 0.2) is 0 Å². The maximum atomic E-state index is 13.4. The lowest BCUT2D eigenvalue weighted by Crippen LogP contribution is -2.30. The second kappa shape index (κ2) is 4.93. The number of aliphatic hydroxyl groups is 1. The van der Waals surface area contributed by atoms with Crippen molar-refractivity contribution in [2.75, 3.05) is 13.6 Å². The number of nitrogens with zero attached hydrogens (tertiary/aromatic N) is 1. The first-order valence-corrected chi connectivity index (χ1v) is 5.77. The third kappa shape index (κ3) is 3.03. The Hall–Kier alpha value is -0.930. The second-order valence-electron chi connectivity index (χ2n) is 4.69. The van der Waals surface area contributed by atoms with Gasteiger partial charge in [0, 0.05) is 18.7 Å². The van der Waals surface area contributed by atoms with E-state index >= 15 is 0 Å². The molecule has 0 amide bonds. The van der Waals surface area contributed by atoms with E-state index in [1.54, 1.807) is 12.1 Å². The Balaban J connectivity index is 1.86. The fourth-order valence-corrected chi connectivity index (χ4v) is 1.93. The van der Waals surface area contributed by atoms with Crippen LogP contribution >= 0.6 is 0 Å². The largest absolute Gasteiger partial charge is 0.392 e. The smallest absolute Gasteiger partial charge is 0.127 e. The zero-order valence-electron chi connectivity index (χ0n) is 9.56. The summed E-state index contributed by atoms with van der Waals surface area (Å²) >= 11 is 0. The molecular formula is C13H18FNO. The van der Waals surface area contributed by atoms with E-state index in [0.29, 0.717) is 24.6 Å². The molecule has 1 fully saturated rings. The summed E-state index contributed by atoms with van der Waals surface area (Å²) in [6.45, 7) is 1.18. The van der Waals surface area contributed by atoms with Gasteiger partial charge in [0.2, 0.25) is 0 Å². The van der Waals surface area contributed by atoms with Gasteiger partial charge < -0.3 is 5.11 Å². The van der Waals surface area contributed by atoms with E-state index in [2.05, 4.69) is 0 Å². The van der Waals surface area contributed by atoms with E-state index in [4.69, 9.17) is 0 Å². The molecule has 88 valence electrons. The number of benzene rings is 1. The Kier molecular flexibility index (Phi) is 3.56. The van der Waals surface area contributed by atoms with Crippen molar-refractivity contribution in [1.82, 2.24) is 4.90 Å². The van der Waals surface area contributed by atoms with Gasteiger partial charge in [-0.2, -0.15) is 0 Å². The zero-order valence-corrected chi connectivity index (χ0v) is 9.56. The fourth-order valence-electron chi connectivity index (χ4n) is 1.93. The van der Waals surface area contributed by atoms with Gasteiger partial charge in [-0.3, -0.25) is 4.90 Å². The minimum atomic E-state index is -0.253. The van der Waals surface area contributed by atoms with Crippen LogP contribution in [0.1, 0.15) is 18.4 Å². The van der Waals surface area contributed by atoms with E-state index in [0.717, 1.165) is 12.8 Å². The first-order chi connectivity index (χ1) is 7.66. The Labute approximate surface area is 95.7 Å². The van der Waals surface area contributed by atoms with Crippen molar-refractivity contribution < 1.29 is 9.50 Å². The molecule has 3 heteroatoms. The number of halogens is 1. The minimum Gasteiger partial charge on any atom is -0.392 e. The number of rotatable bonds is 5. The van der Waals surface area contributed by atoms with Crippen LogP contribution in [0.25, 0.3) is 0 Å². The normalized spacial score (nSPS) is 17.8. The van der Waals surface area contributed by atoms with Gasteiger partial charge in [0.25, 0.3) is 0 Å². The Bertz CT molecular complexity index is 352. The highest BCUT2D eigenvalue weighted by atomic mass is 19.1. The Morgan fingerprint density at radius 2 is 2.12 bits per heavy atom. The predicted octanol–water partition coefficient (Wildman–Crippen LogP) is 2.03. The third-order valence-corrected chi connectivity index (χ3v) is 3.06. The molecule has 1 unspecified atom stereocenters. The molecule has 2 nitrogen and oxygen atoms in total. The van der Waals surface area contributed by atoms with Crippen molar-refractivity contribution in [3.05, 3.63) is 35.6 Å². The Morgan fingerprint density at radius 3 is 2.75 bits per heavy atom. The van der Waals surface area contributed by atoms with Crippen LogP contribution in [0, 0.1) is 11.7 Å². The maximum Gasteiger partial charge on any atom is 0.127 e. The zero-order chi connectivity index (χ0) is 11.5. The van der Waals surface area contributed by atoms with Crippen LogP contribution in [0.15, 0.2) is 24.3 Å². The summed E-state index contributed by atoms with van der Waals surface area (Å²) in [7, 11) is 1.91. The van der Waals surface area contributed by atoms with Crippen molar-refractivity contribution in [3.63, 3.8) is 0 Å². The highest BCUT2D eigenvalue weighted by molar-refractivity contribution is 5.17. The summed E-state index contributed by atoms with van der Waals surface area (Å²) in [6.07, 6.45) is 2.01. The summed E-state index contributed by atoms with van der Waals surface area (Å²) in [5.74, 6) is 0.304. The summed E-state index contributed by atoms with van der Waals surface area (Å²) in [5.41, 5.74) is 0.688. The van der Waals surface area contributed by atoms with Gasteiger partial charge in [0.1, 0.15) is 5.82 Å².